The topological polar surface area (TPSA) is 78.9 Å². The standard InChI is InChI=1S/C14H26N2O4/c1-11(2)16(8-4-12(17)18)13(19)15-10-14(5-6-14)7-9-20-3/h11H,4-10H2,1-3H3,(H,15,19)(H,17,18). The van der Waals surface area contributed by atoms with Gasteiger partial charge in [0.1, 0.15) is 0 Å². The molecule has 0 aliphatic heterocycles. The van der Waals surface area contributed by atoms with Gasteiger partial charge in [0.15, 0.2) is 0 Å². The Bertz CT molecular complexity index is 340. The molecule has 0 unspecified atom stereocenters. The number of nitrogens with one attached hydrogen (secondary N) is 1. The first-order valence-electron chi connectivity index (χ1n) is 7.15. The van der Waals surface area contributed by atoms with E-state index in [0.29, 0.717) is 13.2 Å². The SMILES string of the molecule is COCCC1(CNC(=O)N(CCC(=O)O)C(C)C)CC1. The molecule has 0 atom stereocenters. The smallest absolute Gasteiger partial charge is 0.317 e. The van der Waals surface area contributed by atoms with Gasteiger partial charge in [0.25, 0.3) is 0 Å². The van der Waals surface area contributed by atoms with Crippen molar-refractivity contribution in [2.45, 2.75) is 45.6 Å². The van der Waals surface area contributed by atoms with Crippen LogP contribution in [-0.4, -0.2) is 54.9 Å². The first-order chi connectivity index (χ1) is 9.40. The number of carbonyl (C=O) groups excluding carboxylic acids is 1. The highest BCUT2D eigenvalue weighted by Gasteiger charge is 2.42. The Labute approximate surface area is 120 Å². The number of carboxylic acid groups (broad SMARTS) is 1. The molecule has 0 bridgehead atoms. The van der Waals surface area contributed by atoms with Crippen LogP contribution in [0, 0.1) is 5.41 Å². The molecule has 1 saturated carbocycles. The molecule has 0 heterocycles. The zero-order valence-electron chi connectivity index (χ0n) is 12.6. The summed E-state index contributed by atoms with van der Waals surface area (Å²) in [7, 11) is 1.68. The summed E-state index contributed by atoms with van der Waals surface area (Å²) in [6, 6.07) is -0.187. The minimum absolute atomic E-state index is 0.0107. The molecule has 0 aromatic rings. The number of carbonyl (C=O) groups is 2. The average molecular weight is 286 g/mol. The maximum atomic E-state index is 12.1. The van der Waals surface area contributed by atoms with Crippen molar-refractivity contribution in [3.63, 3.8) is 0 Å². The fraction of sp³-hybridized carbons (Fsp3) is 0.857. The second kappa shape index (κ2) is 7.47. The Kier molecular flexibility index (Phi) is 6.26. The molecule has 0 radical (unpaired) electrons. The van der Waals surface area contributed by atoms with Crippen molar-refractivity contribution in [1.82, 2.24) is 10.2 Å². The zero-order valence-corrected chi connectivity index (χ0v) is 12.6. The molecule has 0 saturated heterocycles. The second-order valence-corrected chi connectivity index (χ2v) is 5.83. The lowest BCUT2D eigenvalue weighted by Gasteiger charge is -2.27. The number of ether oxygens (including phenoxy) is 1. The van der Waals surface area contributed by atoms with Crippen molar-refractivity contribution in [3.8, 4) is 0 Å². The van der Waals surface area contributed by atoms with Gasteiger partial charge in [-0.2, -0.15) is 0 Å². The van der Waals surface area contributed by atoms with E-state index in [1.54, 1.807) is 12.0 Å². The van der Waals surface area contributed by atoms with Gasteiger partial charge in [0.05, 0.1) is 6.42 Å². The molecule has 1 aliphatic carbocycles. The van der Waals surface area contributed by atoms with E-state index in [2.05, 4.69) is 5.32 Å². The van der Waals surface area contributed by atoms with Crippen LogP contribution in [0.25, 0.3) is 0 Å². The summed E-state index contributed by atoms with van der Waals surface area (Å²) in [5.74, 6) is -0.887. The molecule has 1 aliphatic rings. The van der Waals surface area contributed by atoms with Gasteiger partial charge in [-0.15, -0.1) is 0 Å². The lowest BCUT2D eigenvalue weighted by atomic mass is 10.0. The van der Waals surface area contributed by atoms with Crippen LogP contribution in [-0.2, 0) is 9.53 Å². The largest absolute Gasteiger partial charge is 0.481 e. The third-order valence-electron chi connectivity index (χ3n) is 3.86. The van der Waals surface area contributed by atoms with Crippen LogP contribution in [0.1, 0.15) is 39.5 Å². The van der Waals surface area contributed by atoms with Gasteiger partial charge in [-0.1, -0.05) is 0 Å². The van der Waals surface area contributed by atoms with Gasteiger partial charge in [0, 0.05) is 32.8 Å². The Morgan fingerprint density at radius 2 is 2.05 bits per heavy atom. The lowest BCUT2D eigenvalue weighted by molar-refractivity contribution is -0.137. The van der Waals surface area contributed by atoms with Gasteiger partial charge < -0.3 is 20.1 Å². The summed E-state index contributed by atoms with van der Waals surface area (Å²) < 4.78 is 5.09. The van der Waals surface area contributed by atoms with Crippen LogP contribution in [0.4, 0.5) is 4.79 Å². The number of methoxy groups -OCH3 is 1. The number of rotatable bonds is 9. The molecule has 116 valence electrons. The second-order valence-electron chi connectivity index (χ2n) is 5.83. The van der Waals surface area contributed by atoms with Gasteiger partial charge >= 0.3 is 12.0 Å². The number of aliphatic carboxylic acids is 1. The van der Waals surface area contributed by atoms with Crippen LogP contribution < -0.4 is 5.32 Å². The average Bonchev–Trinajstić information content (AvgIpc) is 3.14. The number of hydrogen-bond acceptors (Lipinski definition) is 3. The summed E-state index contributed by atoms with van der Waals surface area (Å²) in [5.41, 5.74) is 0.196. The minimum Gasteiger partial charge on any atom is -0.481 e. The quantitative estimate of drug-likeness (QED) is 0.676. The predicted octanol–water partition coefficient (Wildman–Crippen LogP) is 1.70. The van der Waals surface area contributed by atoms with Crippen LogP contribution in [0.3, 0.4) is 0 Å². The molecule has 1 rings (SSSR count). The van der Waals surface area contributed by atoms with E-state index in [0.717, 1.165) is 19.3 Å². The predicted molar refractivity (Wildman–Crippen MR) is 75.7 cm³/mol. The van der Waals surface area contributed by atoms with Gasteiger partial charge in [-0.05, 0) is 38.5 Å². The van der Waals surface area contributed by atoms with E-state index >= 15 is 0 Å². The fourth-order valence-corrected chi connectivity index (χ4v) is 2.19. The zero-order chi connectivity index (χ0) is 15.2. The van der Waals surface area contributed by atoms with Crippen molar-refractivity contribution in [2.24, 2.45) is 5.41 Å². The maximum absolute atomic E-state index is 12.1. The summed E-state index contributed by atoms with van der Waals surface area (Å²) in [4.78, 5) is 24.3. The first kappa shape index (κ1) is 16.8. The Balaban J connectivity index is 2.40. The molecular formula is C14H26N2O4. The summed E-state index contributed by atoms with van der Waals surface area (Å²) >= 11 is 0. The van der Waals surface area contributed by atoms with Crippen molar-refractivity contribution in [2.75, 3.05) is 26.8 Å². The van der Waals surface area contributed by atoms with Crippen molar-refractivity contribution in [1.29, 1.82) is 0 Å². The third kappa shape index (κ3) is 5.36. The lowest BCUT2D eigenvalue weighted by Crippen LogP contribution is -2.46. The van der Waals surface area contributed by atoms with E-state index in [1.807, 2.05) is 13.8 Å². The molecule has 20 heavy (non-hydrogen) atoms. The van der Waals surface area contributed by atoms with Crippen LogP contribution in [0.5, 0.6) is 0 Å². The van der Waals surface area contributed by atoms with Crippen LogP contribution in [0.2, 0.25) is 0 Å². The van der Waals surface area contributed by atoms with Crippen molar-refractivity contribution < 1.29 is 19.4 Å². The summed E-state index contributed by atoms with van der Waals surface area (Å²) in [5, 5.41) is 11.7. The highest BCUT2D eigenvalue weighted by molar-refractivity contribution is 5.75. The summed E-state index contributed by atoms with van der Waals surface area (Å²) in [6.07, 6.45) is 3.17. The number of urea groups is 1. The normalized spacial score (nSPS) is 16.0. The molecule has 2 N–H and O–H groups in total. The third-order valence-corrected chi connectivity index (χ3v) is 3.86. The van der Waals surface area contributed by atoms with Gasteiger partial charge in [-0.3, -0.25) is 4.79 Å². The highest BCUT2D eigenvalue weighted by atomic mass is 16.5. The number of carboxylic acids is 1. The molecule has 0 aromatic heterocycles. The molecule has 0 spiro atoms. The monoisotopic (exact) mass is 286 g/mol. The molecular weight excluding hydrogens is 260 g/mol. The van der Waals surface area contributed by atoms with Crippen molar-refractivity contribution in [3.05, 3.63) is 0 Å². The van der Waals surface area contributed by atoms with Crippen LogP contribution >= 0.6 is 0 Å². The molecule has 6 nitrogen and oxygen atoms in total. The maximum Gasteiger partial charge on any atom is 0.317 e. The van der Waals surface area contributed by atoms with E-state index in [1.165, 1.54) is 0 Å². The van der Waals surface area contributed by atoms with Crippen molar-refractivity contribution >= 4 is 12.0 Å². The molecule has 6 heteroatoms. The fourth-order valence-electron chi connectivity index (χ4n) is 2.19. The van der Waals surface area contributed by atoms with E-state index in [4.69, 9.17) is 9.84 Å². The Morgan fingerprint density at radius 1 is 1.40 bits per heavy atom. The molecule has 0 aromatic carbocycles. The first-order valence-corrected chi connectivity index (χ1v) is 7.15. The van der Waals surface area contributed by atoms with Crippen LogP contribution in [0.15, 0.2) is 0 Å². The number of nitrogens with zero attached hydrogens (tertiary/aromatic N) is 1. The Hall–Kier alpha value is -1.30. The van der Waals surface area contributed by atoms with E-state index < -0.39 is 5.97 Å². The number of amides is 2. The minimum atomic E-state index is -0.887. The highest BCUT2D eigenvalue weighted by Crippen LogP contribution is 2.48. The molecule has 2 amide bonds. The van der Waals surface area contributed by atoms with E-state index in [9.17, 15) is 9.59 Å². The summed E-state index contributed by atoms with van der Waals surface area (Å²) in [6.45, 7) is 5.37. The molecule has 1 fully saturated rings. The van der Waals surface area contributed by atoms with Gasteiger partial charge in [0.2, 0.25) is 0 Å². The van der Waals surface area contributed by atoms with Gasteiger partial charge in [-0.25, -0.2) is 4.79 Å². The number of hydrogen-bond donors (Lipinski definition) is 2. The Morgan fingerprint density at radius 3 is 2.50 bits per heavy atom. The van der Waals surface area contributed by atoms with E-state index in [-0.39, 0.29) is 30.5 Å².